The van der Waals surface area contributed by atoms with Gasteiger partial charge in [-0.25, -0.2) is 4.79 Å². The lowest BCUT2D eigenvalue weighted by atomic mass is 9.95. The number of esters is 1. The van der Waals surface area contributed by atoms with E-state index in [2.05, 4.69) is 0 Å². The summed E-state index contributed by atoms with van der Waals surface area (Å²) in [5.41, 5.74) is 4.17. The van der Waals surface area contributed by atoms with Gasteiger partial charge in [-0.15, -0.1) is 22.9 Å². The Morgan fingerprint density at radius 3 is 2.68 bits per heavy atom. The van der Waals surface area contributed by atoms with Gasteiger partial charge < -0.3 is 9.30 Å². The van der Waals surface area contributed by atoms with Crippen molar-refractivity contribution in [3.05, 3.63) is 39.0 Å². The topological polar surface area (TPSA) is 48.3 Å². The fourth-order valence-corrected chi connectivity index (χ4v) is 5.18. The van der Waals surface area contributed by atoms with Gasteiger partial charge >= 0.3 is 5.97 Å². The van der Waals surface area contributed by atoms with Gasteiger partial charge in [0.15, 0.2) is 5.78 Å². The van der Waals surface area contributed by atoms with Crippen LogP contribution in [0, 0.1) is 13.8 Å². The summed E-state index contributed by atoms with van der Waals surface area (Å²) in [6, 6.07) is 1.85. The molecule has 0 bridgehead atoms. The summed E-state index contributed by atoms with van der Waals surface area (Å²) in [5, 5.41) is 0.869. The lowest BCUT2D eigenvalue weighted by molar-refractivity contribution is 0.0525. The van der Waals surface area contributed by atoms with Gasteiger partial charge in [0.25, 0.3) is 0 Å². The molecule has 3 rings (SSSR count). The van der Waals surface area contributed by atoms with Gasteiger partial charge in [0.05, 0.1) is 18.1 Å². The molecule has 0 unspecified atom stereocenters. The van der Waals surface area contributed by atoms with Crippen molar-refractivity contribution in [2.75, 3.05) is 12.5 Å². The quantitative estimate of drug-likeness (QED) is 0.432. The van der Waals surface area contributed by atoms with E-state index in [1.165, 1.54) is 4.88 Å². The highest BCUT2D eigenvalue weighted by atomic mass is 35.5. The van der Waals surface area contributed by atoms with Crippen LogP contribution in [0.15, 0.2) is 6.07 Å². The van der Waals surface area contributed by atoms with Crippen molar-refractivity contribution in [3.63, 3.8) is 0 Å². The first-order valence-corrected chi connectivity index (χ1v) is 9.94. The molecule has 0 saturated carbocycles. The Morgan fingerprint density at radius 2 is 2.00 bits per heavy atom. The summed E-state index contributed by atoms with van der Waals surface area (Å²) in [6.07, 6.45) is 4.15. The first-order chi connectivity index (χ1) is 12.0. The molecule has 2 aromatic heterocycles. The van der Waals surface area contributed by atoms with Gasteiger partial charge in [-0.3, -0.25) is 4.79 Å². The number of hydrogen-bond donors (Lipinski definition) is 0. The predicted molar refractivity (Wildman–Crippen MR) is 101 cm³/mol. The molecule has 134 valence electrons. The highest BCUT2D eigenvalue weighted by molar-refractivity contribution is 7.15. The highest BCUT2D eigenvalue weighted by Gasteiger charge is 2.29. The van der Waals surface area contributed by atoms with Gasteiger partial charge in [-0.1, -0.05) is 0 Å². The van der Waals surface area contributed by atoms with Gasteiger partial charge in [-0.05, 0) is 58.1 Å². The fraction of sp³-hybridized carbons (Fsp3) is 0.474. The standard InChI is InChI=1S/C19H22ClNO3S/c1-4-24-19(23)17-13-7-5-6-8-16(13)25-18(17)21-11(2)9-14(12(21)3)15(22)10-20/h9H,4-8,10H2,1-3H3. The Balaban J connectivity index is 2.21. The third-order valence-electron chi connectivity index (χ3n) is 4.69. The average Bonchev–Trinajstić information content (AvgIpc) is 3.11. The fourth-order valence-electron chi connectivity index (χ4n) is 3.55. The van der Waals surface area contributed by atoms with Gasteiger partial charge in [0.2, 0.25) is 0 Å². The molecule has 4 nitrogen and oxygen atoms in total. The van der Waals surface area contributed by atoms with Crippen LogP contribution in [0.3, 0.4) is 0 Å². The number of alkyl halides is 1. The van der Waals surface area contributed by atoms with Crippen LogP contribution in [0.4, 0.5) is 0 Å². The number of aromatic nitrogens is 1. The molecule has 0 spiro atoms. The maximum Gasteiger partial charge on any atom is 0.341 e. The SMILES string of the molecule is CCOC(=O)c1c(-n2c(C)cc(C(=O)CCl)c2C)sc2c1CCCC2. The molecule has 0 atom stereocenters. The zero-order valence-corrected chi connectivity index (χ0v) is 16.4. The summed E-state index contributed by atoms with van der Waals surface area (Å²) in [4.78, 5) is 26.1. The zero-order valence-electron chi connectivity index (χ0n) is 14.8. The lowest BCUT2D eigenvalue weighted by Crippen LogP contribution is -2.13. The number of aryl methyl sites for hydroxylation is 2. The minimum Gasteiger partial charge on any atom is -0.462 e. The van der Waals surface area contributed by atoms with E-state index in [0.29, 0.717) is 17.7 Å². The summed E-state index contributed by atoms with van der Waals surface area (Å²) >= 11 is 7.39. The van der Waals surface area contributed by atoms with Crippen molar-refractivity contribution in [1.82, 2.24) is 4.57 Å². The number of hydrogen-bond acceptors (Lipinski definition) is 4. The molecule has 2 aromatic rings. The smallest absolute Gasteiger partial charge is 0.341 e. The molecule has 0 aliphatic heterocycles. The first-order valence-electron chi connectivity index (χ1n) is 8.59. The molecular weight excluding hydrogens is 358 g/mol. The van der Waals surface area contributed by atoms with Crippen LogP contribution < -0.4 is 0 Å². The van der Waals surface area contributed by atoms with Crippen molar-refractivity contribution in [3.8, 4) is 5.00 Å². The molecule has 1 aliphatic rings. The van der Waals surface area contributed by atoms with Crippen LogP contribution in [0.25, 0.3) is 5.00 Å². The van der Waals surface area contributed by atoms with Gasteiger partial charge in [-0.2, -0.15) is 0 Å². The molecule has 2 heterocycles. The van der Waals surface area contributed by atoms with Crippen LogP contribution in [-0.4, -0.2) is 28.8 Å². The molecule has 0 saturated heterocycles. The molecule has 0 aromatic carbocycles. The van der Waals surface area contributed by atoms with Crippen LogP contribution in [0.2, 0.25) is 0 Å². The molecule has 0 amide bonds. The number of rotatable bonds is 5. The van der Waals surface area contributed by atoms with E-state index in [-0.39, 0.29) is 17.6 Å². The Kier molecular flexibility index (Phi) is 5.35. The number of Topliss-reactive ketones (excluding diaryl/α,β-unsaturated/α-hetero) is 1. The third-order valence-corrected chi connectivity index (χ3v) is 6.21. The van der Waals surface area contributed by atoms with E-state index >= 15 is 0 Å². The third kappa shape index (κ3) is 3.15. The van der Waals surface area contributed by atoms with E-state index in [1.54, 1.807) is 11.3 Å². The number of nitrogens with zero attached hydrogens (tertiary/aromatic N) is 1. The summed E-state index contributed by atoms with van der Waals surface area (Å²) in [7, 11) is 0. The molecule has 6 heteroatoms. The Labute approximate surface area is 156 Å². The Hall–Kier alpha value is -1.59. The van der Waals surface area contributed by atoms with Crippen molar-refractivity contribution >= 4 is 34.7 Å². The van der Waals surface area contributed by atoms with Crippen molar-refractivity contribution in [1.29, 1.82) is 0 Å². The van der Waals surface area contributed by atoms with Crippen molar-refractivity contribution in [2.24, 2.45) is 0 Å². The van der Waals surface area contributed by atoms with E-state index in [9.17, 15) is 9.59 Å². The summed E-state index contributed by atoms with van der Waals surface area (Å²) in [6.45, 7) is 6.02. The van der Waals surface area contributed by atoms with Crippen molar-refractivity contribution < 1.29 is 14.3 Å². The van der Waals surface area contributed by atoms with Crippen LogP contribution in [0.1, 0.15) is 62.3 Å². The average molecular weight is 380 g/mol. The van der Waals surface area contributed by atoms with E-state index in [0.717, 1.165) is 47.6 Å². The van der Waals surface area contributed by atoms with Gasteiger partial charge in [0.1, 0.15) is 5.00 Å². The number of ketones is 1. The molecule has 0 radical (unpaired) electrons. The minimum atomic E-state index is -0.269. The van der Waals surface area contributed by atoms with Crippen LogP contribution in [0.5, 0.6) is 0 Å². The van der Waals surface area contributed by atoms with Crippen molar-refractivity contribution in [2.45, 2.75) is 46.5 Å². The Morgan fingerprint density at radius 1 is 1.28 bits per heavy atom. The summed E-state index contributed by atoms with van der Waals surface area (Å²) < 4.78 is 7.34. The molecule has 1 aliphatic carbocycles. The van der Waals surface area contributed by atoms with Crippen LogP contribution >= 0.6 is 22.9 Å². The lowest BCUT2D eigenvalue weighted by Gasteiger charge is -2.13. The number of carbonyl (C=O) groups is 2. The zero-order chi connectivity index (χ0) is 18.1. The van der Waals surface area contributed by atoms with E-state index in [1.807, 2.05) is 31.4 Å². The van der Waals surface area contributed by atoms with Gasteiger partial charge in [0, 0.05) is 21.8 Å². The molecule has 25 heavy (non-hydrogen) atoms. The largest absolute Gasteiger partial charge is 0.462 e. The van der Waals surface area contributed by atoms with E-state index in [4.69, 9.17) is 16.3 Å². The summed E-state index contributed by atoms with van der Waals surface area (Å²) in [5.74, 6) is -0.412. The Bertz CT molecular complexity index is 834. The number of thiophene rings is 1. The second-order valence-electron chi connectivity index (χ2n) is 6.29. The minimum absolute atomic E-state index is 0.0457. The maximum atomic E-state index is 12.7. The predicted octanol–water partition coefficient (Wildman–Crippen LogP) is 4.63. The second-order valence-corrected chi connectivity index (χ2v) is 7.64. The van der Waals surface area contributed by atoms with Crippen LogP contribution in [-0.2, 0) is 17.6 Å². The molecule has 0 fully saturated rings. The first kappa shape index (κ1) is 18.2. The second kappa shape index (κ2) is 7.34. The van der Waals surface area contributed by atoms with E-state index < -0.39 is 0 Å². The number of ether oxygens (including phenoxy) is 1. The number of halogens is 1. The monoisotopic (exact) mass is 379 g/mol. The molecule has 0 N–H and O–H groups in total. The molecular formula is C19H22ClNO3S. The number of carbonyl (C=O) groups excluding carboxylic acids is 2. The number of fused-ring (bicyclic) bond motifs is 1. The normalized spacial score (nSPS) is 13.6. The maximum absolute atomic E-state index is 12.7. The highest BCUT2D eigenvalue weighted by Crippen LogP contribution is 2.39.